The summed E-state index contributed by atoms with van der Waals surface area (Å²) >= 11 is 0. The lowest BCUT2D eigenvalue weighted by Gasteiger charge is -2.14. The summed E-state index contributed by atoms with van der Waals surface area (Å²) in [4.78, 5) is 9.14. The molecule has 0 N–H and O–H groups in total. The van der Waals surface area contributed by atoms with Crippen LogP contribution in [0.1, 0.15) is 42.1 Å². The van der Waals surface area contributed by atoms with E-state index in [2.05, 4.69) is 61.3 Å². The molecule has 3 rings (SSSR count). The number of hydrogen-bond donors (Lipinski definition) is 0. The maximum Gasteiger partial charge on any atom is 0.0812 e. The Labute approximate surface area is 143 Å². The van der Waals surface area contributed by atoms with Gasteiger partial charge in [-0.3, -0.25) is 9.98 Å². The van der Waals surface area contributed by atoms with Crippen molar-refractivity contribution in [1.29, 1.82) is 0 Å². The van der Waals surface area contributed by atoms with Gasteiger partial charge >= 0.3 is 0 Å². The van der Waals surface area contributed by atoms with Crippen molar-refractivity contribution in [2.75, 3.05) is 0 Å². The van der Waals surface area contributed by atoms with Crippen molar-refractivity contribution in [2.24, 2.45) is 4.99 Å². The molecule has 0 bridgehead atoms. The Morgan fingerprint density at radius 1 is 0.917 bits per heavy atom. The van der Waals surface area contributed by atoms with Crippen LogP contribution in [0, 0.1) is 0 Å². The monoisotopic (exact) mass is 314 g/mol. The number of aromatic nitrogens is 1. The van der Waals surface area contributed by atoms with Crippen LogP contribution in [0.25, 0.3) is 0 Å². The van der Waals surface area contributed by atoms with Crippen molar-refractivity contribution < 1.29 is 0 Å². The predicted molar refractivity (Wildman–Crippen MR) is 101 cm³/mol. The first-order chi connectivity index (χ1) is 11.7. The van der Waals surface area contributed by atoms with Crippen LogP contribution >= 0.6 is 0 Å². The second-order valence-corrected chi connectivity index (χ2v) is 6.18. The van der Waals surface area contributed by atoms with Gasteiger partial charge < -0.3 is 0 Å². The molecule has 0 atom stereocenters. The molecule has 0 aliphatic carbocycles. The molecule has 3 aromatic rings. The third-order valence-electron chi connectivity index (χ3n) is 4.02. The Morgan fingerprint density at radius 2 is 1.71 bits per heavy atom. The molecule has 0 unspecified atom stereocenters. The summed E-state index contributed by atoms with van der Waals surface area (Å²) in [5.41, 5.74) is 5.77. The maximum atomic E-state index is 4.81. The molecule has 24 heavy (non-hydrogen) atoms. The van der Waals surface area contributed by atoms with Crippen molar-refractivity contribution >= 4 is 11.9 Å². The first kappa shape index (κ1) is 16.1. The Morgan fingerprint density at radius 3 is 2.42 bits per heavy atom. The molecule has 2 nitrogen and oxygen atoms in total. The molecule has 0 aliphatic heterocycles. The van der Waals surface area contributed by atoms with Crippen molar-refractivity contribution in [1.82, 2.24) is 4.98 Å². The number of pyridine rings is 1. The van der Waals surface area contributed by atoms with Crippen molar-refractivity contribution in [3.63, 3.8) is 0 Å². The molecule has 2 heteroatoms. The second kappa shape index (κ2) is 7.69. The summed E-state index contributed by atoms with van der Waals surface area (Å²) in [6.45, 7) is 4.42. The topological polar surface area (TPSA) is 25.2 Å². The van der Waals surface area contributed by atoms with Gasteiger partial charge in [0.05, 0.1) is 17.6 Å². The molecule has 120 valence electrons. The van der Waals surface area contributed by atoms with Gasteiger partial charge in [-0.15, -0.1) is 0 Å². The average Bonchev–Trinajstić information content (AvgIpc) is 2.62. The Hall–Kier alpha value is -2.74. The highest BCUT2D eigenvalue weighted by Crippen LogP contribution is 2.32. The number of rotatable bonds is 5. The zero-order chi connectivity index (χ0) is 16.8. The molecule has 1 aromatic heterocycles. The first-order valence-electron chi connectivity index (χ1n) is 8.35. The fourth-order valence-corrected chi connectivity index (χ4v) is 2.78. The van der Waals surface area contributed by atoms with Crippen LogP contribution in [0.2, 0.25) is 0 Å². The highest BCUT2D eigenvalue weighted by Gasteiger charge is 2.11. The van der Waals surface area contributed by atoms with Crippen LogP contribution < -0.4 is 0 Å². The zero-order valence-electron chi connectivity index (χ0n) is 14.2. The van der Waals surface area contributed by atoms with Crippen LogP contribution in [0.15, 0.2) is 77.9 Å². The molecule has 2 aromatic carbocycles. The third-order valence-corrected chi connectivity index (χ3v) is 4.02. The predicted octanol–water partition coefficient (Wildman–Crippen LogP) is 5.55. The standard InChI is InChI=1S/C22H22N2/c1-17(2)21-13-8-11-19(15-18-9-4-3-5-10-18)22(21)24-16-20-12-6-7-14-23-20/h3-14,16-17H,15H2,1-2H3. The smallest absolute Gasteiger partial charge is 0.0812 e. The van der Waals surface area contributed by atoms with E-state index in [1.165, 1.54) is 16.7 Å². The summed E-state index contributed by atoms with van der Waals surface area (Å²) in [6.07, 6.45) is 4.53. The van der Waals surface area contributed by atoms with Gasteiger partial charge in [0.25, 0.3) is 0 Å². The van der Waals surface area contributed by atoms with Crippen LogP contribution in [0.4, 0.5) is 5.69 Å². The van der Waals surface area contributed by atoms with E-state index in [1.807, 2.05) is 30.5 Å². The summed E-state index contributed by atoms with van der Waals surface area (Å²) in [7, 11) is 0. The average molecular weight is 314 g/mol. The largest absolute Gasteiger partial charge is 0.255 e. The SMILES string of the molecule is CC(C)c1cccc(Cc2ccccc2)c1N=Cc1ccccn1. The Kier molecular flexibility index (Phi) is 5.17. The van der Waals surface area contributed by atoms with Gasteiger partial charge in [0, 0.05) is 6.20 Å². The summed E-state index contributed by atoms with van der Waals surface area (Å²) in [6, 6.07) is 22.9. The molecular weight excluding hydrogens is 292 g/mol. The molecule has 0 saturated carbocycles. The molecule has 0 saturated heterocycles. The van der Waals surface area contributed by atoms with Gasteiger partial charge in [-0.1, -0.05) is 68.4 Å². The molecule has 0 fully saturated rings. The molecule has 0 amide bonds. The Balaban J connectivity index is 1.99. The van der Waals surface area contributed by atoms with Crippen LogP contribution in [0.3, 0.4) is 0 Å². The summed E-state index contributed by atoms with van der Waals surface area (Å²) < 4.78 is 0. The zero-order valence-corrected chi connectivity index (χ0v) is 14.2. The van der Waals surface area contributed by atoms with Gasteiger partial charge in [-0.2, -0.15) is 0 Å². The maximum absolute atomic E-state index is 4.81. The summed E-state index contributed by atoms with van der Waals surface area (Å²) in [5, 5.41) is 0. The number of nitrogens with zero attached hydrogens (tertiary/aromatic N) is 2. The quantitative estimate of drug-likeness (QED) is 0.567. The van der Waals surface area contributed by atoms with E-state index in [-0.39, 0.29) is 0 Å². The minimum Gasteiger partial charge on any atom is -0.255 e. The van der Waals surface area contributed by atoms with Crippen LogP contribution in [-0.4, -0.2) is 11.2 Å². The van der Waals surface area contributed by atoms with Gasteiger partial charge in [0.2, 0.25) is 0 Å². The van der Waals surface area contributed by atoms with E-state index in [9.17, 15) is 0 Å². The minimum absolute atomic E-state index is 0.427. The molecule has 0 radical (unpaired) electrons. The normalized spacial score (nSPS) is 11.3. The lowest BCUT2D eigenvalue weighted by Crippen LogP contribution is -1.96. The van der Waals surface area contributed by atoms with Crippen molar-refractivity contribution in [2.45, 2.75) is 26.2 Å². The lowest BCUT2D eigenvalue weighted by molar-refractivity contribution is 0.863. The Bertz CT molecular complexity index is 806. The van der Waals surface area contributed by atoms with Gasteiger partial charge in [0.15, 0.2) is 0 Å². The van der Waals surface area contributed by atoms with E-state index in [0.717, 1.165) is 17.8 Å². The summed E-state index contributed by atoms with van der Waals surface area (Å²) in [5.74, 6) is 0.427. The van der Waals surface area contributed by atoms with Crippen LogP contribution in [0.5, 0.6) is 0 Å². The lowest BCUT2D eigenvalue weighted by atomic mass is 9.95. The van der Waals surface area contributed by atoms with Gasteiger partial charge in [0.1, 0.15) is 0 Å². The van der Waals surface area contributed by atoms with E-state index in [4.69, 9.17) is 4.99 Å². The number of para-hydroxylation sites is 1. The minimum atomic E-state index is 0.427. The van der Waals surface area contributed by atoms with E-state index in [0.29, 0.717) is 5.92 Å². The van der Waals surface area contributed by atoms with E-state index in [1.54, 1.807) is 6.20 Å². The highest BCUT2D eigenvalue weighted by molar-refractivity contribution is 5.80. The number of aliphatic imine (C=N–C) groups is 1. The third kappa shape index (κ3) is 3.96. The van der Waals surface area contributed by atoms with Crippen molar-refractivity contribution in [3.8, 4) is 0 Å². The molecule has 1 heterocycles. The molecule has 0 spiro atoms. The van der Waals surface area contributed by atoms with Gasteiger partial charge in [-0.05, 0) is 41.2 Å². The highest BCUT2D eigenvalue weighted by atomic mass is 14.8. The van der Waals surface area contributed by atoms with E-state index >= 15 is 0 Å². The molecular formula is C22H22N2. The van der Waals surface area contributed by atoms with Crippen LogP contribution in [-0.2, 0) is 6.42 Å². The number of benzene rings is 2. The number of hydrogen-bond acceptors (Lipinski definition) is 2. The van der Waals surface area contributed by atoms with E-state index < -0.39 is 0 Å². The second-order valence-electron chi connectivity index (χ2n) is 6.18. The van der Waals surface area contributed by atoms with Crippen molar-refractivity contribution in [3.05, 3.63) is 95.3 Å². The fraction of sp³-hybridized carbons (Fsp3) is 0.182. The fourth-order valence-electron chi connectivity index (χ4n) is 2.78. The molecule has 0 aliphatic rings. The van der Waals surface area contributed by atoms with Gasteiger partial charge in [-0.25, -0.2) is 0 Å². The first-order valence-corrected chi connectivity index (χ1v) is 8.35.